The number of nitrogens with zero attached hydrogens (tertiary/aromatic N) is 1. The van der Waals surface area contributed by atoms with Crippen molar-refractivity contribution in [3.8, 4) is 5.75 Å². The average molecular weight is 281 g/mol. The molecule has 1 aliphatic rings. The molecular formula is C14H16FNO4. The molecule has 0 bridgehead atoms. The molecule has 0 radical (unpaired) electrons. The zero-order valence-corrected chi connectivity index (χ0v) is 11.3. The zero-order valence-electron chi connectivity index (χ0n) is 11.3. The van der Waals surface area contributed by atoms with Crippen LogP contribution in [0.2, 0.25) is 0 Å². The summed E-state index contributed by atoms with van der Waals surface area (Å²) in [5.41, 5.74) is -0.0657. The summed E-state index contributed by atoms with van der Waals surface area (Å²) in [4.78, 5) is 24.7. The summed E-state index contributed by atoms with van der Waals surface area (Å²) in [5.74, 6) is -2.49. The summed E-state index contributed by atoms with van der Waals surface area (Å²) in [6.07, 6.45) is 0. The highest BCUT2D eigenvalue weighted by Crippen LogP contribution is 2.26. The van der Waals surface area contributed by atoms with Crippen LogP contribution in [0.5, 0.6) is 5.75 Å². The zero-order chi connectivity index (χ0) is 14.9. The van der Waals surface area contributed by atoms with Crippen molar-refractivity contribution in [1.29, 1.82) is 0 Å². The van der Waals surface area contributed by atoms with Gasteiger partial charge in [0.25, 0.3) is 5.91 Å². The monoisotopic (exact) mass is 281 g/mol. The topological polar surface area (TPSA) is 66.8 Å². The number of methoxy groups -OCH3 is 1. The number of benzene rings is 1. The third kappa shape index (κ3) is 2.59. The Bertz CT molecular complexity index is 546. The Kier molecular flexibility index (Phi) is 3.92. The third-order valence-corrected chi connectivity index (χ3v) is 3.62. The number of hydrogen-bond acceptors (Lipinski definition) is 3. The molecule has 2 rings (SSSR count). The van der Waals surface area contributed by atoms with Crippen molar-refractivity contribution >= 4 is 11.9 Å². The number of aliphatic carboxylic acids is 1. The van der Waals surface area contributed by atoms with Gasteiger partial charge in [0.1, 0.15) is 11.6 Å². The molecule has 0 saturated carbocycles. The first-order chi connectivity index (χ1) is 9.43. The first-order valence-corrected chi connectivity index (χ1v) is 6.29. The van der Waals surface area contributed by atoms with E-state index in [9.17, 15) is 14.0 Å². The molecule has 1 fully saturated rings. The summed E-state index contributed by atoms with van der Waals surface area (Å²) < 4.78 is 18.7. The van der Waals surface area contributed by atoms with Gasteiger partial charge in [0.05, 0.1) is 18.6 Å². The van der Waals surface area contributed by atoms with Crippen molar-refractivity contribution in [2.24, 2.45) is 11.8 Å². The maximum atomic E-state index is 13.9. The highest BCUT2D eigenvalue weighted by atomic mass is 19.1. The number of amides is 1. The van der Waals surface area contributed by atoms with Gasteiger partial charge < -0.3 is 14.7 Å². The van der Waals surface area contributed by atoms with E-state index >= 15 is 0 Å². The Morgan fingerprint density at radius 3 is 2.60 bits per heavy atom. The second-order valence-electron chi connectivity index (χ2n) is 4.98. The molecule has 5 nitrogen and oxygen atoms in total. The first-order valence-electron chi connectivity index (χ1n) is 6.29. The Morgan fingerprint density at radius 2 is 2.10 bits per heavy atom. The molecule has 108 valence electrons. The van der Waals surface area contributed by atoms with Crippen molar-refractivity contribution in [3.63, 3.8) is 0 Å². The van der Waals surface area contributed by atoms with Crippen LogP contribution in [0.15, 0.2) is 18.2 Å². The Balaban J connectivity index is 2.19. The van der Waals surface area contributed by atoms with E-state index in [1.54, 1.807) is 6.92 Å². The molecular weight excluding hydrogens is 265 g/mol. The maximum absolute atomic E-state index is 13.9. The van der Waals surface area contributed by atoms with Crippen LogP contribution in [-0.2, 0) is 4.79 Å². The highest BCUT2D eigenvalue weighted by Gasteiger charge is 2.37. The fourth-order valence-corrected chi connectivity index (χ4v) is 2.42. The van der Waals surface area contributed by atoms with E-state index in [2.05, 4.69) is 0 Å². The van der Waals surface area contributed by atoms with Gasteiger partial charge in [-0.3, -0.25) is 9.59 Å². The molecule has 1 aromatic carbocycles. The predicted molar refractivity (Wildman–Crippen MR) is 69.1 cm³/mol. The number of ether oxygens (including phenoxy) is 1. The summed E-state index contributed by atoms with van der Waals surface area (Å²) >= 11 is 0. The van der Waals surface area contributed by atoms with Crippen molar-refractivity contribution in [2.75, 3.05) is 20.2 Å². The molecule has 20 heavy (non-hydrogen) atoms. The number of carboxylic acid groups (broad SMARTS) is 1. The van der Waals surface area contributed by atoms with Crippen LogP contribution in [0.25, 0.3) is 0 Å². The molecule has 1 N–H and O–H groups in total. The average Bonchev–Trinajstić information content (AvgIpc) is 2.80. The van der Waals surface area contributed by atoms with Crippen LogP contribution >= 0.6 is 0 Å². The third-order valence-electron chi connectivity index (χ3n) is 3.62. The van der Waals surface area contributed by atoms with E-state index in [1.165, 1.54) is 24.1 Å². The molecule has 1 amide bonds. The summed E-state index contributed by atoms with van der Waals surface area (Å²) in [5, 5.41) is 9.05. The van der Waals surface area contributed by atoms with Gasteiger partial charge in [-0.15, -0.1) is 0 Å². The summed E-state index contributed by atoms with van der Waals surface area (Å²) in [7, 11) is 1.41. The smallest absolute Gasteiger partial charge is 0.308 e. The minimum atomic E-state index is -0.928. The van der Waals surface area contributed by atoms with Gasteiger partial charge in [-0.2, -0.15) is 0 Å². The molecule has 1 heterocycles. The fourth-order valence-electron chi connectivity index (χ4n) is 2.42. The lowest BCUT2D eigenvalue weighted by Gasteiger charge is -2.16. The van der Waals surface area contributed by atoms with Crippen molar-refractivity contribution in [3.05, 3.63) is 29.6 Å². The number of carbonyl (C=O) groups excluding carboxylic acids is 1. The Morgan fingerprint density at radius 1 is 1.40 bits per heavy atom. The first kappa shape index (κ1) is 14.3. The molecule has 2 atom stereocenters. The quantitative estimate of drug-likeness (QED) is 0.914. The SMILES string of the molecule is COc1ccc(C(=O)N2CC(C)C(C(=O)O)C2)c(F)c1. The van der Waals surface area contributed by atoms with Crippen molar-refractivity contribution in [1.82, 2.24) is 4.90 Å². The highest BCUT2D eigenvalue weighted by molar-refractivity contribution is 5.95. The van der Waals surface area contributed by atoms with Gasteiger partial charge >= 0.3 is 5.97 Å². The predicted octanol–water partition coefficient (Wildman–Crippen LogP) is 1.63. The van der Waals surface area contributed by atoms with E-state index in [0.717, 1.165) is 6.07 Å². The number of rotatable bonds is 3. The number of carbonyl (C=O) groups is 2. The van der Waals surface area contributed by atoms with Crippen LogP contribution in [-0.4, -0.2) is 42.1 Å². The van der Waals surface area contributed by atoms with E-state index in [1.807, 2.05) is 0 Å². The normalized spacial score (nSPS) is 21.9. The van der Waals surface area contributed by atoms with Gasteiger partial charge in [-0.25, -0.2) is 4.39 Å². The molecule has 0 aromatic heterocycles. The largest absolute Gasteiger partial charge is 0.497 e. The van der Waals surface area contributed by atoms with E-state index < -0.39 is 23.6 Å². The second-order valence-corrected chi connectivity index (χ2v) is 4.98. The van der Waals surface area contributed by atoms with Crippen LogP contribution in [0.4, 0.5) is 4.39 Å². The standard InChI is InChI=1S/C14H16FNO4/c1-8-6-16(7-11(8)14(18)19)13(17)10-4-3-9(20-2)5-12(10)15/h3-5,8,11H,6-7H2,1-2H3,(H,18,19). The van der Waals surface area contributed by atoms with E-state index in [0.29, 0.717) is 12.3 Å². The van der Waals surface area contributed by atoms with Crippen LogP contribution in [0.3, 0.4) is 0 Å². The minimum absolute atomic E-state index is 0.0657. The Labute approximate surface area is 116 Å². The molecule has 1 saturated heterocycles. The minimum Gasteiger partial charge on any atom is -0.497 e. The number of carboxylic acids is 1. The van der Waals surface area contributed by atoms with Gasteiger partial charge in [-0.1, -0.05) is 6.92 Å². The molecule has 1 aromatic rings. The van der Waals surface area contributed by atoms with Crippen LogP contribution in [0.1, 0.15) is 17.3 Å². The molecule has 0 spiro atoms. The number of hydrogen-bond donors (Lipinski definition) is 1. The Hall–Kier alpha value is -2.11. The molecule has 0 aliphatic carbocycles. The van der Waals surface area contributed by atoms with Crippen LogP contribution < -0.4 is 4.74 Å². The van der Waals surface area contributed by atoms with Crippen molar-refractivity contribution in [2.45, 2.75) is 6.92 Å². The van der Waals surface area contributed by atoms with Crippen molar-refractivity contribution < 1.29 is 23.8 Å². The second kappa shape index (κ2) is 5.48. The molecule has 6 heteroatoms. The number of likely N-dealkylation sites (tertiary alicyclic amines) is 1. The van der Waals surface area contributed by atoms with Gasteiger partial charge in [0.2, 0.25) is 0 Å². The van der Waals surface area contributed by atoms with Crippen LogP contribution in [0, 0.1) is 17.7 Å². The van der Waals surface area contributed by atoms with Gasteiger partial charge in [0.15, 0.2) is 0 Å². The van der Waals surface area contributed by atoms with E-state index in [4.69, 9.17) is 9.84 Å². The molecule has 2 unspecified atom stereocenters. The fraction of sp³-hybridized carbons (Fsp3) is 0.429. The summed E-state index contributed by atoms with van der Waals surface area (Å²) in [6.45, 7) is 2.21. The maximum Gasteiger partial charge on any atom is 0.308 e. The van der Waals surface area contributed by atoms with Gasteiger partial charge in [0, 0.05) is 19.2 Å². The lowest BCUT2D eigenvalue weighted by molar-refractivity contribution is -0.142. The van der Waals surface area contributed by atoms with E-state index in [-0.39, 0.29) is 18.0 Å². The van der Waals surface area contributed by atoms with Gasteiger partial charge in [-0.05, 0) is 18.1 Å². The lowest BCUT2D eigenvalue weighted by Crippen LogP contribution is -2.30. The number of halogens is 1. The lowest BCUT2D eigenvalue weighted by atomic mass is 9.99. The molecule has 1 aliphatic heterocycles. The summed E-state index contributed by atoms with van der Waals surface area (Å²) in [6, 6.07) is 4.00.